The molecule has 0 bridgehead atoms. The number of amides is 1. The summed E-state index contributed by atoms with van der Waals surface area (Å²) in [6.07, 6.45) is 0.877. The second-order valence-electron chi connectivity index (χ2n) is 6.65. The molecule has 6 nitrogen and oxygen atoms in total. The summed E-state index contributed by atoms with van der Waals surface area (Å²) in [4.78, 5) is 15.0. The fraction of sp³-hybridized carbons (Fsp3) is 0.381. The van der Waals surface area contributed by atoms with E-state index in [9.17, 15) is 4.79 Å². The van der Waals surface area contributed by atoms with Gasteiger partial charge in [0.05, 0.1) is 19.8 Å². The molecule has 27 heavy (non-hydrogen) atoms. The maximum Gasteiger partial charge on any atom is 0.257 e. The number of hydrogen-bond donors (Lipinski definition) is 0. The van der Waals surface area contributed by atoms with Gasteiger partial charge in [-0.2, -0.15) is 0 Å². The van der Waals surface area contributed by atoms with Crippen molar-refractivity contribution in [3.05, 3.63) is 47.5 Å². The number of fused-ring (bicyclic) bond motifs is 1. The topological polar surface area (TPSA) is 57.2 Å². The number of nitrogens with zero attached hydrogens (tertiary/aromatic N) is 1. The van der Waals surface area contributed by atoms with Gasteiger partial charge in [0, 0.05) is 24.6 Å². The van der Waals surface area contributed by atoms with Crippen LogP contribution >= 0.6 is 0 Å². The van der Waals surface area contributed by atoms with Crippen LogP contribution in [0.2, 0.25) is 0 Å². The molecule has 2 heterocycles. The van der Waals surface area contributed by atoms with Crippen molar-refractivity contribution in [3.63, 3.8) is 0 Å². The van der Waals surface area contributed by atoms with Crippen LogP contribution < -0.4 is 18.9 Å². The summed E-state index contributed by atoms with van der Waals surface area (Å²) in [6.45, 7) is 2.29. The third-order valence-electron chi connectivity index (χ3n) is 5.15. The first-order chi connectivity index (χ1) is 13.2. The van der Waals surface area contributed by atoms with Crippen molar-refractivity contribution >= 4 is 5.91 Å². The molecule has 2 aliphatic heterocycles. The number of likely N-dealkylation sites (tertiary alicyclic amines) is 1. The van der Waals surface area contributed by atoms with Crippen LogP contribution in [0, 0.1) is 0 Å². The number of hydrogen-bond acceptors (Lipinski definition) is 5. The third-order valence-corrected chi connectivity index (χ3v) is 5.15. The van der Waals surface area contributed by atoms with Gasteiger partial charge in [0.2, 0.25) is 0 Å². The molecule has 2 aromatic rings. The van der Waals surface area contributed by atoms with Gasteiger partial charge in [-0.15, -0.1) is 0 Å². The fourth-order valence-electron chi connectivity index (χ4n) is 3.84. The summed E-state index contributed by atoms with van der Waals surface area (Å²) in [5.74, 6) is 2.82. The average molecular weight is 369 g/mol. The minimum atomic E-state index is -0.0262. The molecule has 2 aromatic carbocycles. The number of methoxy groups -OCH3 is 2. The van der Waals surface area contributed by atoms with Crippen molar-refractivity contribution in [1.82, 2.24) is 4.90 Å². The number of carbonyl (C=O) groups excluding carboxylic acids is 1. The normalized spacial score (nSPS) is 18.3. The summed E-state index contributed by atoms with van der Waals surface area (Å²) in [7, 11) is 3.28. The van der Waals surface area contributed by atoms with Gasteiger partial charge < -0.3 is 23.8 Å². The SMILES string of the molecule is COc1cccc(C2CCN(C(=O)c3cccc4c3OCCO4)C2)c1OC. The van der Waals surface area contributed by atoms with E-state index in [-0.39, 0.29) is 11.8 Å². The van der Waals surface area contributed by atoms with E-state index in [2.05, 4.69) is 0 Å². The zero-order valence-corrected chi connectivity index (χ0v) is 15.6. The van der Waals surface area contributed by atoms with Crippen LogP contribution in [-0.4, -0.2) is 51.3 Å². The first-order valence-electron chi connectivity index (χ1n) is 9.11. The highest BCUT2D eigenvalue weighted by atomic mass is 16.6. The molecular weight excluding hydrogens is 346 g/mol. The van der Waals surface area contributed by atoms with E-state index >= 15 is 0 Å². The van der Waals surface area contributed by atoms with Gasteiger partial charge in [0.15, 0.2) is 23.0 Å². The Morgan fingerprint density at radius 2 is 1.89 bits per heavy atom. The third kappa shape index (κ3) is 3.16. The summed E-state index contributed by atoms with van der Waals surface area (Å²) < 4.78 is 22.3. The van der Waals surface area contributed by atoms with Gasteiger partial charge in [-0.05, 0) is 24.6 Å². The first-order valence-corrected chi connectivity index (χ1v) is 9.11. The highest BCUT2D eigenvalue weighted by Gasteiger charge is 2.32. The van der Waals surface area contributed by atoms with Gasteiger partial charge in [-0.1, -0.05) is 18.2 Å². The van der Waals surface area contributed by atoms with Crippen LogP contribution in [0.4, 0.5) is 0 Å². The van der Waals surface area contributed by atoms with Crippen molar-refractivity contribution in [2.75, 3.05) is 40.5 Å². The predicted molar refractivity (Wildman–Crippen MR) is 100 cm³/mol. The lowest BCUT2D eigenvalue weighted by Gasteiger charge is -2.23. The molecule has 1 atom stereocenters. The molecule has 1 unspecified atom stereocenters. The van der Waals surface area contributed by atoms with Crippen LogP contribution in [0.3, 0.4) is 0 Å². The zero-order valence-electron chi connectivity index (χ0n) is 15.6. The van der Waals surface area contributed by atoms with E-state index in [4.69, 9.17) is 18.9 Å². The van der Waals surface area contributed by atoms with Crippen molar-refractivity contribution in [2.45, 2.75) is 12.3 Å². The highest BCUT2D eigenvalue weighted by molar-refractivity contribution is 5.98. The molecule has 0 spiro atoms. The molecule has 142 valence electrons. The molecule has 0 aromatic heterocycles. The molecule has 0 N–H and O–H groups in total. The molecule has 6 heteroatoms. The molecule has 0 saturated carbocycles. The summed E-state index contributed by atoms with van der Waals surface area (Å²) in [5, 5.41) is 0. The first kappa shape index (κ1) is 17.5. The lowest BCUT2D eigenvalue weighted by Crippen LogP contribution is -2.29. The van der Waals surface area contributed by atoms with E-state index < -0.39 is 0 Å². The molecule has 1 saturated heterocycles. The Morgan fingerprint density at radius 3 is 2.70 bits per heavy atom. The second-order valence-corrected chi connectivity index (χ2v) is 6.65. The van der Waals surface area contributed by atoms with Gasteiger partial charge in [0.25, 0.3) is 5.91 Å². The Hall–Kier alpha value is -2.89. The van der Waals surface area contributed by atoms with Gasteiger partial charge in [-0.3, -0.25) is 4.79 Å². The molecule has 4 rings (SSSR count). The Bertz CT molecular complexity index is 850. The summed E-state index contributed by atoms with van der Waals surface area (Å²) in [5.41, 5.74) is 1.63. The smallest absolute Gasteiger partial charge is 0.257 e. The highest BCUT2D eigenvalue weighted by Crippen LogP contribution is 2.40. The average Bonchev–Trinajstić information content (AvgIpc) is 3.22. The van der Waals surface area contributed by atoms with E-state index in [1.165, 1.54) is 0 Å². The molecule has 0 radical (unpaired) electrons. The fourth-order valence-corrected chi connectivity index (χ4v) is 3.84. The maximum absolute atomic E-state index is 13.1. The largest absolute Gasteiger partial charge is 0.493 e. The lowest BCUT2D eigenvalue weighted by atomic mass is 9.97. The van der Waals surface area contributed by atoms with Crippen LogP contribution in [0.5, 0.6) is 23.0 Å². The molecule has 0 aliphatic carbocycles. The predicted octanol–water partition coefficient (Wildman–Crippen LogP) is 3.10. The Morgan fingerprint density at radius 1 is 1.07 bits per heavy atom. The molecular formula is C21H23NO5. The molecule has 1 fully saturated rings. The minimum absolute atomic E-state index is 0.0262. The van der Waals surface area contributed by atoms with E-state index in [0.29, 0.717) is 49.1 Å². The van der Waals surface area contributed by atoms with Crippen LogP contribution in [0.1, 0.15) is 28.3 Å². The zero-order chi connectivity index (χ0) is 18.8. The molecule has 2 aliphatic rings. The standard InChI is InChI=1S/C21H23NO5/c1-24-17-7-3-5-15(19(17)25-2)14-9-10-22(13-14)21(23)16-6-4-8-18-20(16)27-12-11-26-18/h3-8,14H,9-13H2,1-2H3. The number of rotatable bonds is 4. The Kier molecular flexibility index (Phi) is 4.79. The number of carbonyl (C=O) groups is 1. The summed E-state index contributed by atoms with van der Waals surface area (Å²) in [6, 6.07) is 11.4. The number of benzene rings is 2. The van der Waals surface area contributed by atoms with Gasteiger partial charge in [0.1, 0.15) is 13.2 Å². The Labute approximate surface area is 158 Å². The Balaban J connectivity index is 1.56. The maximum atomic E-state index is 13.1. The lowest BCUT2D eigenvalue weighted by molar-refractivity contribution is 0.0780. The quantitative estimate of drug-likeness (QED) is 0.829. The molecule has 1 amide bonds. The van der Waals surface area contributed by atoms with Crippen LogP contribution in [0.15, 0.2) is 36.4 Å². The van der Waals surface area contributed by atoms with Gasteiger partial charge >= 0.3 is 0 Å². The van der Waals surface area contributed by atoms with Crippen molar-refractivity contribution in [1.29, 1.82) is 0 Å². The van der Waals surface area contributed by atoms with Crippen molar-refractivity contribution in [2.24, 2.45) is 0 Å². The number of para-hydroxylation sites is 2. The monoisotopic (exact) mass is 369 g/mol. The van der Waals surface area contributed by atoms with Crippen molar-refractivity contribution < 1.29 is 23.7 Å². The second kappa shape index (κ2) is 7.39. The van der Waals surface area contributed by atoms with Crippen LogP contribution in [0.25, 0.3) is 0 Å². The van der Waals surface area contributed by atoms with Crippen molar-refractivity contribution in [3.8, 4) is 23.0 Å². The number of ether oxygens (including phenoxy) is 4. The van der Waals surface area contributed by atoms with Gasteiger partial charge in [-0.25, -0.2) is 0 Å². The minimum Gasteiger partial charge on any atom is -0.493 e. The van der Waals surface area contributed by atoms with E-state index in [1.807, 2.05) is 35.2 Å². The van der Waals surface area contributed by atoms with Crippen LogP contribution in [-0.2, 0) is 0 Å². The van der Waals surface area contributed by atoms with E-state index in [1.54, 1.807) is 20.3 Å². The van der Waals surface area contributed by atoms with E-state index in [0.717, 1.165) is 17.7 Å². The summed E-state index contributed by atoms with van der Waals surface area (Å²) >= 11 is 0.